The minimum atomic E-state index is -0.128. The number of anilines is 1. The fourth-order valence-corrected chi connectivity index (χ4v) is 2.20. The Kier molecular flexibility index (Phi) is 6.07. The van der Waals surface area contributed by atoms with E-state index in [0.717, 1.165) is 12.0 Å². The molecule has 0 saturated carbocycles. The number of hydrogen-bond donors (Lipinski definition) is 1. The van der Waals surface area contributed by atoms with E-state index in [1.807, 2.05) is 6.92 Å². The predicted molar refractivity (Wildman–Crippen MR) is 98.2 cm³/mol. The van der Waals surface area contributed by atoms with Gasteiger partial charge in [-0.1, -0.05) is 19.1 Å². The molecule has 0 saturated heterocycles. The molecule has 2 aromatic rings. The molecule has 1 heterocycles. The summed E-state index contributed by atoms with van der Waals surface area (Å²) in [7, 11) is 1.75. The van der Waals surface area contributed by atoms with Crippen LogP contribution in [0.15, 0.2) is 30.5 Å². The lowest BCUT2D eigenvalue weighted by molar-refractivity contribution is 0.0802. The first-order chi connectivity index (χ1) is 12.0. The number of amides is 1. The van der Waals surface area contributed by atoms with Crippen LogP contribution in [0.2, 0.25) is 0 Å². The minimum absolute atomic E-state index is 0.128. The van der Waals surface area contributed by atoms with Crippen molar-refractivity contribution in [1.29, 1.82) is 5.26 Å². The first-order valence-electron chi connectivity index (χ1n) is 8.39. The number of hydrogen-bond acceptors (Lipinski definition) is 5. The summed E-state index contributed by atoms with van der Waals surface area (Å²) in [5.41, 5.74) is 2.36. The fraction of sp³-hybridized carbons (Fsp3) is 0.368. The summed E-state index contributed by atoms with van der Waals surface area (Å²) in [6, 6.07) is 9.37. The predicted octanol–water partition coefficient (Wildman–Crippen LogP) is 3.32. The van der Waals surface area contributed by atoms with E-state index >= 15 is 0 Å². The van der Waals surface area contributed by atoms with Crippen LogP contribution >= 0.6 is 0 Å². The highest BCUT2D eigenvalue weighted by atomic mass is 16.2. The summed E-state index contributed by atoms with van der Waals surface area (Å²) in [6.45, 7) is 6.64. The molecule has 0 aliphatic rings. The van der Waals surface area contributed by atoms with Crippen LogP contribution in [-0.4, -0.2) is 40.4 Å². The Balaban J connectivity index is 2.51. The number of nitrogens with zero attached hydrogens (tertiary/aromatic N) is 4. The average molecular weight is 337 g/mol. The van der Waals surface area contributed by atoms with E-state index in [1.165, 1.54) is 0 Å². The van der Waals surface area contributed by atoms with Gasteiger partial charge in [0.05, 0.1) is 22.9 Å². The second kappa shape index (κ2) is 8.25. The topological polar surface area (TPSA) is 81.9 Å². The molecule has 0 fully saturated rings. The molecule has 0 radical (unpaired) electrons. The molecule has 0 bridgehead atoms. The van der Waals surface area contributed by atoms with Crippen molar-refractivity contribution in [2.24, 2.45) is 0 Å². The van der Waals surface area contributed by atoms with Crippen LogP contribution in [0, 0.1) is 11.3 Å². The van der Waals surface area contributed by atoms with Crippen molar-refractivity contribution < 1.29 is 4.79 Å². The molecule has 1 aromatic carbocycles. The van der Waals surface area contributed by atoms with E-state index in [0.29, 0.717) is 29.3 Å². The molecule has 130 valence electrons. The Hall–Kier alpha value is -2.94. The van der Waals surface area contributed by atoms with E-state index in [9.17, 15) is 4.79 Å². The molecule has 1 N–H and O–H groups in total. The van der Waals surface area contributed by atoms with Crippen LogP contribution in [0.25, 0.3) is 11.3 Å². The number of benzene rings is 1. The van der Waals surface area contributed by atoms with Crippen molar-refractivity contribution in [2.45, 2.75) is 33.2 Å². The highest BCUT2D eigenvalue weighted by molar-refractivity contribution is 5.99. The Bertz CT molecular complexity index is 779. The Morgan fingerprint density at radius 1 is 1.32 bits per heavy atom. The molecule has 0 aliphatic carbocycles. The van der Waals surface area contributed by atoms with E-state index < -0.39 is 0 Å². The maximum Gasteiger partial charge on any atom is 0.257 e. The van der Waals surface area contributed by atoms with Gasteiger partial charge in [-0.15, -0.1) is 0 Å². The average Bonchev–Trinajstić information content (AvgIpc) is 2.66. The molecule has 6 heteroatoms. The smallest absolute Gasteiger partial charge is 0.257 e. The summed E-state index contributed by atoms with van der Waals surface area (Å²) in [6.07, 6.45) is 2.51. The largest absolute Gasteiger partial charge is 0.352 e. The van der Waals surface area contributed by atoms with Crippen LogP contribution in [0.5, 0.6) is 0 Å². The molecular weight excluding hydrogens is 314 g/mol. The van der Waals surface area contributed by atoms with Crippen molar-refractivity contribution in [3.05, 3.63) is 41.6 Å². The molecule has 1 unspecified atom stereocenters. The van der Waals surface area contributed by atoms with Gasteiger partial charge in [0, 0.05) is 31.4 Å². The molecule has 1 aromatic heterocycles. The zero-order valence-corrected chi connectivity index (χ0v) is 15.1. The minimum Gasteiger partial charge on any atom is -0.352 e. The van der Waals surface area contributed by atoms with Crippen molar-refractivity contribution in [3.8, 4) is 17.3 Å². The summed E-state index contributed by atoms with van der Waals surface area (Å²) in [4.78, 5) is 23.1. The monoisotopic (exact) mass is 337 g/mol. The molecule has 25 heavy (non-hydrogen) atoms. The van der Waals surface area contributed by atoms with Gasteiger partial charge in [-0.2, -0.15) is 5.26 Å². The van der Waals surface area contributed by atoms with E-state index in [4.69, 9.17) is 5.26 Å². The molecule has 0 spiro atoms. The van der Waals surface area contributed by atoms with Crippen molar-refractivity contribution >= 4 is 11.9 Å². The van der Waals surface area contributed by atoms with E-state index in [-0.39, 0.29) is 11.9 Å². The third-order valence-electron chi connectivity index (χ3n) is 4.12. The quantitative estimate of drug-likeness (QED) is 0.874. The third-order valence-corrected chi connectivity index (χ3v) is 4.12. The van der Waals surface area contributed by atoms with Gasteiger partial charge in [-0.25, -0.2) is 9.97 Å². The van der Waals surface area contributed by atoms with Crippen LogP contribution in [0.3, 0.4) is 0 Å². The van der Waals surface area contributed by atoms with Crippen molar-refractivity contribution in [3.63, 3.8) is 0 Å². The van der Waals surface area contributed by atoms with Gasteiger partial charge in [0.1, 0.15) is 0 Å². The number of nitrogens with one attached hydrogen (secondary N) is 1. The lowest BCUT2D eigenvalue weighted by Gasteiger charge is -2.18. The van der Waals surface area contributed by atoms with Crippen molar-refractivity contribution in [2.75, 3.05) is 18.9 Å². The first-order valence-corrected chi connectivity index (χ1v) is 8.39. The summed E-state index contributed by atoms with van der Waals surface area (Å²) < 4.78 is 0. The van der Waals surface area contributed by atoms with Crippen LogP contribution in [-0.2, 0) is 0 Å². The van der Waals surface area contributed by atoms with Gasteiger partial charge >= 0.3 is 0 Å². The Morgan fingerprint density at radius 2 is 2.00 bits per heavy atom. The summed E-state index contributed by atoms with van der Waals surface area (Å²) >= 11 is 0. The van der Waals surface area contributed by atoms with E-state index in [2.05, 4.69) is 35.2 Å². The zero-order chi connectivity index (χ0) is 18.4. The Morgan fingerprint density at radius 3 is 2.56 bits per heavy atom. The van der Waals surface area contributed by atoms with Gasteiger partial charge in [-0.3, -0.25) is 4.79 Å². The maximum atomic E-state index is 12.7. The fourth-order valence-electron chi connectivity index (χ4n) is 2.20. The maximum absolute atomic E-state index is 12.7. The van der Waals surface area contributed by atoms with Crippen LogP contribution in [0.1, 0.15) is 43.1 Å². The SMILES string of the molecule is CCC(C)Nc1ncc(C(=O)N(C)CC)c(-c2ccc(C#N)cc2)n1. The van der Waals surface area contributed by atoms with Gasteiger partial charge < -0.3 is 10.2 Å². The van der Waals surface area contributed by atoms with E-state index in [1.54, 1.807) is 42.4 Å². The van der Waals surface area contributed by atoms with Gasteiger partial charge in [0.25, 0.3) is 5.91 Å². The molecule has 1 amide bonds. The number of rotatable bonds is 6. The molecule has 1 atom stereocenters. The lowest BCUT2D eigenvalue weighted by atomic mass is 10.0. The number of carbonyl (C=O) groups is 1. The highest BCUT2D eigenvalue weighted by Crippen LogP contribution is 2.24. The van der Waals surface area contributed by atoms with Gasteiger partial charge in [-0.05, 0) is 32.4 Å². The standard InChI is InChI=1S/C19H23N5O/c1-5-13(3)22-19-21-12-16(18(25)24(4)6-2)17(23-19)15-9-7-14(11-20)8-10-15/h7-10,12-13H,5-6H2,1-4H3,(H,21,22,23). The molecular formula is C19H23N5O. The summed E-state index contributed by atoms with van der Waals surface area (Å²) in [5, 5.41) is 12.2. The normalized spacial score (nSPS) is 11.5. The second-order valence-electron chi connectivity index (χ2n) is 5.92. The first kappa shape index (κ1) is 18.4. The second-order valence-corrected chi connectivity index (χ2v) is 5.92. The van der Waals surface area contributed by atoms with Crippen LogP contribution in [0.4, 0.5) is 5.95 Å². The lowest BCUT2D eigenvalue weighted by Crippen LogP contribution is -2.27. The van der Waals surface area contributed by atoms with Gasteiger partial charge in [0.15, 0.2) is 0 Å². The molecule has 0 aliphatic heterocycles. The Labute approximate surface area is 148 Å². The highest BCUT2D eigenvalue weighted by Gasteiger charge is 2.19. The number of nitriles is 1. The molecule has 2 rings (SSSR count). The zero-order valence-electron chi connectivity index (χ0n) is 15.1. The van der Waals surface area contributed by atoms with Crippen molar-refractivity contribution in [1.82, 2.24) is 14.9 Å². The number of aromatic nitrogens is 2. The van der Waals surface area contributed by atoms with Gasteiger partial charge in [0.2, 0.25) is 5.95 Å². The molecule has 6 nitrogen and oxygen atoms in total. The third kappa shape index (κ3) is 4.32. The van der Waals surface area contributed by atoms with Crippen LogP contribution < -0.4 is 5.32 Å². The number of carbonyl (C=O) groups excluding carboxylic acids is 1. The summed E-state index contributed by atoms with van der Waals surface area (Å²) in [5.74, 6) is 0.362.